The molecule has 0 N–H and O–H groups in total. The van der Waals surface area contributed by atoms with E-state index < -0.39 is 60.6 Å². The first-order valence-corrected chi connectivity index (χ1v) is 26.8. The van der Waals surface area contributed by atoms with Gasteiger partial charge in [-0.25, -0.2) is 0 Å². The minimum atomic E-state index is -0.965. The summed E-state index contributed by atoms with van der Waals surface area (Å²) >= 11 is 1.68. The van der Waals surface area contributed by atoms with E-state index in [1.807, 2.05) is 140 Å². The predicted molar refractivity (Wildman–Crippen MR) is 288 cm³/mol. The molecule has 2 fully saturated rings. The van der Waals surface area contributed by atoms with Crippen molar-refractivity contribution in [3.8, 4) is 0 Å². The molecule has 2 aliphatic heterocycles. The molecule has 2 heterocycles. The van der Waals surface area contributed by atoms with Crippen molar-refractivity contribution >= 4 is 11.8 Å². The summed E-state index contributed by atoms with van der Waals surface area (Å²) in [5.74, 6) is 0.779. The molecule has 0 bridgehead atoms. The molecule has 11 heteroatoms. The van der Waals surface area contributed by atoms with Crippen molar-refractivity contribution in [2.45, 2.75) is 114 Å². The smallest absolute Gasteiger partial charge is 0.187 e. The van der Waals surface area contributed by atoms with Crippen LogP contribution in [0.4, 0.5) is 0 Å². The molecule has 0 saturated carbocycles. The molecule has 0 unspecified atom stereocenters. The zero-order chi connectivity index (χ0) is 50.4. The Morgan fingerprint density at radius 3 is 0.973 bits per heavy atom. The Morgan fingerprint density at radius 2 is 0.608 bits per heavy atom. The Morgan fingerprint density at radius 1 is 0.311 bits per heavy atom. The second-order valence-corrected chi connectivity index (χ2v) is 19.8. The summed E-state index contributed by atoms with van der Waals surface area (Å²) in [7, 11) is 0. The summed E-state index contributed by atoms with van der Waals surface area (Å²) in [6.45, 7) is 4.68. The molecule has 0 aromatic heterocycles. The third-order valence-electron chi connectivity index (χ3n) is 13.0. The number of hydrogen-bond acceptors (Lipinski definition) is 11. The van der Waals surface area contributed by atoms with E-state index in [-0.39, 0.29) is 19.8 Å². The molecule has 386 valence electrons. The van der Waals surface area contributed by atoms with Crippen molar-refractivity contribution in [1.82, 2.24) is 0 Å². The van der Waals surface area contributed by atoms with Crippen LogP contribution in [0.1, 0.15) is 45.9 Å². The highest BCUT2D eigenvalue weighted by atomic mass is 32.2. The van der Waals surface area contributed by atoms with Gasteiger partial charge in [-0.15, -0.1) is 11.8 Å². The second-order valence-electron chi connectivity index (χ2n) is 18.4. The van der Waals surface area contributed by atoms with E-state index in [1.54, 1.807) is 11.8 Å². The van der Waals surface area contributed by atoms with E-state index in [0.29, 0.717) is 39.6 Å². The Kier molecular flexibility index (Phi) is 20.9. The van der Waals surface area contributed by atoms with Gasteiger partial charge < -0.3 is 47.4 Å². The van der Waals surface area contributed by atoms with Crippen LogP contribution in [0.15, 0.2) is 212 Å². The zero-order valence-electron chi connectivity index (χ0n) is 42.0. The molecule has 2 saturated heterocycles. The Hall–Kier alpha value is -5.51. The number of hydrogen-bond donors (Lipinski definition) is 0. The summed E-state index contributed by atoms with van der Waals surface area (Å²) in [5.41, 5.74) is 6.75. The third-order valence-corrected chi connectivity index (χ3v) is 14.1. The third kappa shape index (κ3) is 15.8. The van der Waals surface area contributed by atoms with Crippen molar-refractivity contribution in [3.63, 3.8) is 0 Å². The molecule has 74 heavy (non-hydrogen) atoms. The predicted octanol–water partition coefficient (Wildman–Crippen LogP) is 11.9. The SMILES string of the molecule is CCS[C@@H]1O[C@H](CO[C@H]2O[C@H](COCc3ccccc3)[C@H](OCc3ccccc3)[C@H](OCc3ccccc3)[C@H]2OCc2ccccc2)[C@H](OCc2ccccc2)[C@H](OCc2ccccc2)[C@H]1OCc1ccccc1. The maximum absolute atomic E-state index is 7.18. The lowest BCUT2D eigenvalue weighted by atomic mass is 9.97. The molecular formula is C63H68O10S. The van der Waals surface area contributed by atoms with Gasteiger partial charge in [-0.2, -0.15) is 0 Å². The summed E-state index contributed by atoms with van der Waals surface area (Å²) in [5, 5.41) is 0. The van der Waals surface area contributed by atoms with Gasteiger partial charge in [0.25, 0.3) is 0 Å². The van der Waals surface area contributed by atoms with E-state index in [0.717, 1.165) is 44.7 Å². The molecule has 0 aliphatic carbocycles. The highest BCUT2D eigenvalue weighted by Crippen LogP contribution is 2.37. The van der Waals surface area contributed by atoms with Crippen LogP contribution in [0, 0.1) is 0 Å². The monoisotopic (exact) mass is 1020 g/mol. The fraction of sp³-hybridized carbons (Fsp3) is 0.333. The Labute approximate surface area is 441 Å². The topological polar surface area (TPSA) is 92.3 Å². The largest absolute Gasteiger partial charge is 0.374 e. The van der Waals surface area contributed by atoms with E-state index >= 15 is 0 Å². The van der Waals surface area contributed by atoms with Crippen molar-refractivity contribution in [2.75, 3.05) is 19.0 Å². The van der Waals surface area contributed by atoms with Crippen LogP contribution < -0.4 is 0 Å². The number of benzene rings is 7. The van der Waals surface area contributed by atoms with Gasteiger partial charge in [-0.05, 0) is 44.7 Å². The number of ether oxygens (including phenoxy) is 10. The normalized spacial score (nSPS) is 23.9. The fourth-order valence-electron chi connectivity index (χ4n) is 9.25. The van der Waals surface area contributed by atoms with Gasteiger partial charge in [0.2, 0.25) is 0 Å². The maximum Gasteiger partial charge on any atom is 0.187 e. The van der Waals surface area contributed by atoms with Crippen molar-refractivity contribution in [2.24, 2.45) is 0 Å². The maximum atomic E-state index is 7.18. The van der Waals surface area contributed by atoms with E-state index in [4.69, 9.17) is 47.4 Å². The van der Waals surface area contributed by atoms with Gasteiger partial charge >= 0.3 is 0 Å². The van der Waals surface area contributed by atoms with Gasteiger partial charge in [-0.1, -0.05) is 219 Å². The van der Waals surface area contributed by atoms with Gasteiger partial charge in [0.05, 0.1) is 59.5 Å². The summed E-state index contributed by atoms with van der Waals surface area (Å²) in [6, 6.07) is 71.1. The van der Waals surface area contributed by atoms with Gasteiger partial charge in [0, 0.05) is 0 Å². The molecule has 2 aliphatic rings. The second kappa shape index (κ2) is 29.0. The zero-order valence-corrected chi connectivity index (χ0v) is 42.9. The lowest BCUT2D eigenvalue weighted by Crippen LogP contribution is -2.63. The van der Waals surface area contributed by atoms with Crippen LogP contribution in [0.3, 0.4) is 0 Å². The number of rotatable bonds is 27. The Balaban J connectivity index is 1.06. The van der Waals surface area contributed by atoms with Crippen LogP contribution in [0.5, 0.6) is 0 Å². The molecule has 0 amide bonds. The minimum Gasteiger partial charge on any atom is -0.374 e. The molecule has 0 radical (unpaired) electrons. The molecule has 7 aromatic carbocycles. The highest BCUT2D eigenvalue weighted by molar-refractivity contribution is 7.99. The summed E-state index contributed by atoms with van der Waals surface area (Å²) < 4.78 is 69.9. The van der Waals surface area contributed by atoms with Gasteiger partial charge in [-0.3, -0.25) is 0 Å². The first-order chi connectivity index (χ1) is 36.7. The quantitative estimate of drug-likeness (QED) is 0.0493. The van der Waals surface area contributed by atoms with Crippen molar-refractivity contribution in [3.05, 3.63) is 251 Å². The van der Waals surface area contributed by atoms with Crippen LogP contribution >= 0.6 is 11.8 Å². The van der Waals surface area contributed by atoms with Gasteiger partial charge in [0.1, 0.15) is 54.3 Å². The molecule has 0 spiro atoms. The summed E-state index contributed by atoms with van der Waals surface area (Å²) in [6.07, 6.45) is -6.03. The summed E-state index contributed by atoms with van der Waals surface area (Å²) in [4.78, 5) is 0. The van der Waals surface area contributed by atoms with Gasteiger partial charge in [0.15, 0.2) is 6.29 Å². The molecule has 9 rings (SSSR count). The molecule has 10 atom stereocenters. The van der Waals surface area contributed by atoms with Crippen LogP contribution in [-0.4, -0.2) is 79.5 Å². The lowest BCUT2D eigenvalue weighted by Gasteiger charge is -2.48. The minimum absolute atomic E-state index is 0.0607. The molecule has 10 nitrogen and oxygen atoms in total. The molecular weight excluding hydrogens is 949 g/mol. The lowest BCUT2D eigenvalue weighted by molar-refractivity contribution is -0.337. The van der Waals surface area contributed by atoms with Crippen molar-refractivity contribution in [1.29, 1.82) is 0 Å². The Bertz CT molecular complexity index is 2590. The average Bonchev–Trinajstić information content (AvgIpc) is 3.46. The van der Waals surface area contributed by atoms with Crippen LogP contribution in [0.25, 0.3) is 0 Å². The highest BCUT2D eigenvalue weighted by Gasteiger charge is 2.52. The first kappa shape index (κ1) is 53.3. The molecule has 7 aromatic rings. The van der Waals surface area contributed by atoms with Crippen molar-refractivity contribution < 1.29 is 47.4 Å². The van der Waals surface area contributed by atoms with Crippen LogP contribution in [-0.2, 0) is 93.6 Å². The number of thioether (sulfide) groups is 1. The van der Waals surface area contributed by atoms with E-state index in [9.17, 15) is 0 Å². The first-order valence-electron chi connectivity index (χ1n) is 25.8. The standard InChI is InChI=1S/C63H68O10S/c1-2-74-63-61(70-44-53-36-22-9-23-37-53)59(68-42-51-32-18-7-19-33-51)57(66-40-49-28-14-5-15-29-49)55(73-63)46-71-62-60(69-43-52-34-20-8-21-35-52)58(67-41-50-30-16-6-17-31-50)56(65-39-48-26-12-4-13-27-48)54(72-62)45-64-38-47-24-10-3-11-25-47/h3-37,54-63H,2,38-46H2,1H3/t54-,55-,56+,57+,58+,59+,60-,61-,62+,63+/m1/s1. The van der Waals surface area contributed by atoms with E-state index in [1.165, 1.54) is 0 Å². The van der Waals surface area contributed by atoms with Crippen LogP contribution in [0.2, 0.25) is 0 Å². The average molecular weight is 1020 g/mol. The van der Waals surface area contributed by atoms with E-state index in [2.05, 4.69) is 79.7 Å². The fourth-order valence-corrected chi connectivity index (χ4v) is 10.2.